The summed E-state index contributed by atoms with van der Waals surface area (Å²) in [4.78, 5) is 0. The van der Waals surface area contributed by atoms with Crippen molar-refractivity contribution in [2.75, 3.05) is 7.11 Å². The maximum absolute atomic E-state index is 15.8. The van der Waals surface area contributed by atoms with Gasteiger partial charge in [0.15, 0.2) is 0 Å². The molecule has 0 bridgehead atoms. The number of hydrogen-bond donors (Lipinski definition) is 0. The van der Waals surface area contributed by atoms with E-state index >= 15 is 4.39 Å². The molecule has 0 radical (unpaired) electrons. The minimum Gasteiger partial charge on any atom is -0.504 e. The van der Waals surface area contributed by atoms with E-state index in [0.717, 1.165) is 24.3 Å². The van der Waals surface area contributed by atoms with Crippen molar-refractivity contribution in [3.8, 4) is 0 Å². The summed E-state index contributed by atoms with van der Waals surface area (Å²) < 4.78 is 21.1. The quantitative estimate of drug-likeness (QED) is 0.280. The first-order valence-electron chi connectivity index (χ1n) is 14.2. The Morgan fingerprint density at radius 3 is 2.33 bits per heavy atom. The van der Waals surface area contributed by atoms with Gasteiger partial charge in [-0.2, -0.15) is 0 Å². The number of halogens is 1. The average Bonchev–Trinajstić information content (AvgIpc) is 2.86. The molecule has 3 saturated carbocycles. The van der Waals surface area contributed by atoms with E-state index in [1.165, 1.54) is 107 Å². The Hall–Kier alpha value is -1.31. The first-order valence-corrected chi connectivity index (χ1v) is 14.2. The smallest absolute Gasteiger partial charge is 0.127 e. The third-order valence-corrected chi connectivity index (χ3v) is 9.50. The van der Waals surface area contributed by atoms with E-state index in [9.17, 15) is 0 Å². The second kappa shape index (κ2) is 11.9. The minimum atomic E-state index is 0.0520. The Labute approximate surface area is 202 Å². The monoisotopic (exact) mass is 454 g/mol. The minimum absolute atomic E-state index is 0.0520. The number of methoxy groups -OCH3 is 1. The van der Waals surface area contributed by atoms with Crippen LogP contribution < -0.4 is 0 Å². The normalized spacial score (nSPS) is 27.8. The fraction of sp³-hybridized carbons (Fsp3) is 0.742. The summed E-state index contributed by atoms with van der Waals surface area (Å²) in [5.41, 5.74) is 3.79. The van der Waals surface area contributed by atoms with Crippen molar-refractivity contribution in [1.82, 2.24) is 0 Å². The van der Waals surface area contributed by atoms with Crippen LogP contribution in [-0.2, 0) is 10.2 Å². The fourth-order valence-electron chi connectivity index (χ4n) is 7.56. The van der Waals surface area contributed by atoms with Gasteiger partial charge in [0, 0.05) is 5.41 Å². The highest BCUT2D eigenvalue weighted by molar-refractivity contribution is 5.34. The number of ether oxygens (including phenoxy) is 1. The fourth-order valence-corrected chi connectivity index (χ4v) is 7.56. The lowest BCUT2D eigenvalue weighted by molar-refractivity contribution is 0.154. The summed E-state index contributed by atoms with van der Waals surface area (Å²) in [6.07, 6.45) is 23.3. The molecule has 184 valence electrons. The molecule has 4 rings (SSSR count). The highest BCUT2D eigenvalue weighted by Crippen LogP contribution is 2.52. The van der Waals surface area contributed by atoms with Gasteiger partial charge in [0.1, 0.15) is 5.82 Å². The zero-order chi connectivity index (χ0) is 23.1. The standard InChI is InChI=1S/C31H47FO/c1-3-4-6-9-24-10-14-26(15-11-24)27-16-19-29(30(32)22-27)31(20-7-5-8-21-31)28-17-12-25(13-18-28)23-33-2/h16,19,22-24,26,28H,3-15,17-18,20-21H2,1-2H3. The summed E-state index contributed by atoms with van der Waals surface area (Å²) >= 11 is 0. The highest BCUT2D eigenvalue weighted by Gasteiger charge is 2.43. The molecular formula is C31H47FO. The van der Waals surface area contributed by atoms with E-state index in [0.29, 0.717) is 11.8 Å². The summed E-state index contributed by atoms with van der Waals surface area (Å²) in [7, 11) is 1.75. The highest BCUT2D eigenvalue weighted by atomic mass is 19.1. The SMILES string of the molecule is CCCCCC1CCC(c2ccc(C3(C4CCC(=COC)CC4)CCCCC3)c(F)c2)CC1. The van der Waals surface area contributed by atoms with Gasteiger partial charge < -0.3 is 4.74 Å². The maximum atomic E-state index is 15.8. The molecule has 0 saturated heterocycles. The average molecular weight is 455 g/mol. The van der Waals surface area contributed by atoms with E-state index in [4.69, 9.17) is 4.74 Å². The Balaban J connectivity index is 1.46. The third-order valence-electron chi connectivity index (χ3n) is 9.50. The number of allylic oxidation sites excluding steroid dienone is 1. The third kappa shape index (κ3) is 5.85. The van der Waals surface area contributed by atoms with Crippen LogP contribution in [0.5, 0.6) is 0 Å². The summed E-state index contributed by atoms with van der Waals surface area (Å²) in [6, 6.07) is 6.49. The lowest BCUT2D eigenvalue weighted by Gasteiger charge is -2.46. The maximum Gasteiger partial charge on any atom is 0.127 e. The van der Waals surface area contributed by atoms with E-state index < -0.39 is 0 Å². The number of rotatable bonds is 8. The van der Waals surface area contributed by atoms with Gasteiger partial charge in [-0.05, 0) is 105 Å². The molecule has 1 aromatic rings. The molecule has 0 aromatic heterocycles. The second-order valence-electron chi connectivity index (χ2n) is 11.5. The Morgan fingerprint density at radius 2 is 1.70 bits per heavy atom. The molecule has 1 aromatic carbocycles. The largest absolute Gasteiger partial charge is 0.504 e. The van der Waals surface area contributed by atoms with Gasteiger partial charge in [-0.1, -0.05) is 64.0 Å². The van der Waals surface area contributed by atoms with Crippen LogP contribution in [0, 0.1) is 17.7 Å². The van der Waals surface area contributed by atoms with Crippen molar-refractivity contribution in [2.45, 2.75) is 127 Å². The Morgan fingerprint density at radius 1 is 0.970 bits per heavy atom. The number of unbranched alkanes of at least 4 members (excludes halogenated alkanes) is 2. The number of benzene rings is 1. The van der Waals surface area contributed by atoms with Crippen molar-refractivity contribution in [1.29, 1.82) is 0 Å². The van der Waals surface area contributed by atoms with Crippen LogP contribution in [0.25, 0.3) is 0 Å². The van der Waals surface area contributed by atoms with Crippen LogP contribution in [0.4, 0.5) is 4.39 Å². The number of hydrogen-bond acceptors (Lipinski definition) is 1. The zero-order valence-corrected chi connectivity index (χ0v) is 21.3. The van der Waals surface area contributed by atoms with E-state index in [2.05, 4.69) is 19.1 Å². The van der Waals surface area contributed by atoms with Crippen molar-refractivity contribution in [3.05, 3.63) is 47.0 Å². The molecule has 0 aliphatic heterocycles. The molecule has 0 spiro atoms. The van der Waals surface area contributed by atoms with Gasteiger partial charge in [0.2, 0.25) is 0 Å². The van der Waals surface area contributed by atoms with Crippen LogP contribution in [0.1, 0.15) is 133 Å². The van der Waals surface area contributed by atoms with Crippen molar-refractivity contribution < 1.29 is 9.13 Å². The Bertz CT molecular complexity index is 757. The van der Waals surface area contributed by atoms with Crippen molar-refractivity contribution >= 4 is 0 Å². The van der Waals surface area contributed by atoms with Crippen LogP contribution in [-0.4, -0.2) is 7.11 Å². The molecule has 1 nitrogen and oxygen atoms in total. The van der Waals surface area contributed by atoms with Crippen molar-refractivity contribution in [3.63, 3.8) is 0 Å². The van der Waals surface area contributed by atoms with Crippen LogP contribution in [0.2, 0.25) is 0 Å². The topological polar surface area (TPSA) is 9.23 Å². The van der Waals surface area contributed by atoms with Gasteiger partial charge >= 0.3 is 0 Å². The van der Waals surface area contributed by atoms with E-state index in [1.54, 1.807) is 7.11 Å². The molecule has 3 aliphatic rings. The predicted octanol–water partition coefficient (Wildman–Crippen LogP) is 9.60. The van der Waals surface area contributed by atoms with Gasteiger partial charge in [-0.3, -0.25) is 0 Å². The summed E-state index contributed by atoms with van der Waals surface area (Å²) in [5.74, 6) is 2.17. The van der Waals surface area contributed by atoms with Crippen LogP contribution >= 0.6 is 0 Å². The predicted molar refractivity (Wildman–Crippen MR) is 137 cm³/mol. The van der Waals surface area contributed by atoms with Gasteiger partial charge in [-0.15, -0.1) is 0 Å². The Kier molecular flexibility index (Phi) is 8.94. The molecule has 0 heterocycles. The molecule has 0 amide bonds. The van der Waals surface area contributed by atoms with Gasteiger partial charge in [0.25, 0.3) is 0 Å². The van der Waals surface area contributed by atoms with Crippen LogP contribution in [0.15, 0.2) is 30.0 Å². The molecule has 0 unspecified atom stereocenters. The first kappa shape index (κ1) is 24.8. The van der Waals surface area contributed by atoms with E-state index in [-0.39, 0.29) is 11.2 Å². The molecule has 2 heteroatoms. The second-order valence-corrected chi connectivity index (χ2v) is 11.5. The van der Waals surface area contributed by atoms with Gasteiger partial charge in [-0.25, -0.2) is 4.39 Å². The summed E-state index contributed by atoms with van der Waals surface area (Å²) in [5, 5.41) is 0. The molecular weight excluding hydrogens is 407 g/mol. The lowest BCUT2D eigenvalue weighted by Crippen LogP contribution is -2.39. The first-order chi connectivity index (χ1) is 16.2. The molecule has 0 atom stereocenters. The zero-order valence-electron chi connectivity index (χ0n) is 21.3. The molecule has 3 fully saturated rings. The molecule has 33 heavy (non-hydrogen) atoms. The molecule has 3 aliphatic carbocycles. The summed E-state index contributed by atoms with van der Waals surface area (Å²) in [6.45, 7) is 2.29. The van der Waals surface area contributed by atoms with E-state index in [1.807, 2.05) is 12.3 Å². The van der Waals surface area contributed by atoms with Crippen LogP contribution in [0.3, 0.4) is 0 Å². The molecule has 0 N–H and O–H groups in total. The van der Waals surface area contributed by atoms with Gasteiger partial charge in [0.05, 0.1) is 13.4 Å². The lowest BCUT2D eigenvalue weighted by atomic mass is 9.58. The van der Waals surface area contributed by atoms with Crippen molar-refractivity contribution in [2.24, 2.45) is 11.8 Å².